The molecule has 1 aliphatic rings. The molecule has 5 heteroatoms. The number of nitrogens with two attached hydrogens (primary N) is 1. The molecule has 0 saturated carbocycles. The maximum Gasteiger partial charge on any atom is 0.256 e. The topological polar surface area (TPSA) is 72.4 Å². The van der Waals surface area contributed by atoms with Crippen molar-refractivity contribution >= 4 is 22.3 Å². The van der Waals surface area contributed by atoms with Gasteiger partial charge in [0.25, 0.3) is 5.56 Å². The van der Waals surface area contributed by atoms with Gasteiger partial charge in [-0.1, -0.05) is 18.2 Å². The Labute approximate surface area is 117 Å². The minimum Gasteiger partial charge on any atom is -0.330 e. The Bertz CT molecular complexity index is 745. The van der Waals surface area contributed by atoms with Crippen molar-refractivity contribution in [2.24, 2.45) is 10.8 Å². The van der Waals surface area contributed by atoms with Crippen LogP contribution in [0.25, 0.3) is 10.9 Å². The molecule has 3 N–H and O–H groups in total. The summed E-state index contributed by atoms with van der Waals surface area (Å²) in [6.07, 6.45) is 1.40. The lowest BCUT2D eigenvalue weighted by Crippen LogP contribution is -2.29. The fraction of sp³-hybridized carbons (Fsp3) is 0.333. The number of hydrogen-bond acceptors (Lipinski definition) is 4. The van der Waals surface area contributed by atoms with Crippen LogP contribution in [0, 0.1) is 0 Å². The molecule has 0 spiro atoms. The van der Waals surface area contributed by atoms with Gasteiger partial charge < -0.3 is 10.3 Å². The second-order valence-corrected chi connectivity index (χ2v) is 5.11. The van der Waals surface area contributed by atoms with Crippen LogP contribution in [0.1, 0.15) is 18.9 Å². The molecule has 3 rings (SSSR count). The Morgan fingerprint density at radius 2 is 2.20 bits per heavy atom. The van der Waals surface area contributed by atoms with Crippen LogP contribution in [0.5, 0.6) is 0 Å². The average Bonchev–Trinajstić information content (AvgIpc) is 2.47. The maximum absolute atomic E-state index is 12.7. The molecule has 0 radical (unpaired) electrons. The molecule has 20 heavy (non-hydrogen) atoms. The molecule has 2 heterocycles. The van der Waals surface area contributed by atoms with Gasteiger partial charge in [0.05, 0.1) is 11.2 Å². The third-order valence-corrected chi connectivity index (χ3v) is 3.65. The molecule has 0 bridgehead atoms. The fourth-order valence-corrected chi connectivity index (χ4v) is 2.67. The molecule has 0 unspecified atom stereocenters. The Kier molecular flexibility index (Phi) is 3.28. The molecule has 104 valence electrons. The zero-order valence-corrected chi connectivity index (χ0v) is 11.5. The number of benzene rings is 1. The van der Waals surface area contributed by atoms with Gasteiger partial charge in [-0.15, -0.1) is 0 Å². The van der Waals surface area contributed by atoms with Crippen LogP contribution in [0.15, 0.2) is 34.2 Å². The van der Waals surface area contributed by atoms with Crippen molar-refractivity contribution in [3.8, 4) is 0 Å². The number of nitrogens with one attached hydrogen (secondary N) is 1. The van der Waals surface area contributed by atoms with Crippen molar-refractivity contribution < 1.29 is 0 Å². The van der Waals surface area contributed by atoms with Crippen LogP contribution in [-0.2, 0) is 13.0 Å². The first-order valence-corrected chi connectivity index (χ1v) is 6.86. The first kappa shape index (κ1) is 12.9. The summed E-state index contributed by atoms with van der Waals surface area (Å²) >= 11 is 0. The number of pyridine rings is 1. The van der Waals surface area contributed by atoms with Crippen LogP contribution in [0.3, 0.4) is 0 Å². The molecule has 1 aliphatic heterocycles. The Morgan fingerprint density at radius 1 is 1.40 bits per heavy atom. The highest BCUT2D eigenvalue weighted by Gasteiger charge is 2.19. The van der Waals surface area contributed by atoms with E-state index in [2.05, 4.69) is 10.5 Å². The summed E-state index contributed by atoms with van der Waals surface area (Å²) < 4.78 is 1.83. The van der Waals surface area contributed by atoms with Crippen molar-refractivity contribution in [1.82, 2.24) is 4.57 Å². The molecule has 1 aromatic heterocycles. The van der Waals surface area contributed by atoms with E-state index in [-0.39, 0.29) is 5.56 Å². The molecular weight excluding hydrogens is 252 g/mol. The monoisotopic (exact) mass is 270 g/mol. The van der Waals surface area contributed by atoms with Crippen molar-refractivity contribution in [2.75, 3.05) is 12.0 Å². The largest absolute Gasteiger partial charge is 0.330 e. The van der Waals surface area contributed by atoms with Crippen molar-refractivity contribution in [1.29, 1.82) is 0 Å². The highest BCUT2D eigenvalue weighted by molar-refractivity contribution is 5.98. The average molecular weight is 270 g/mol. The number of fused-ring (bicyclic) bond motifs is 3. The van der Waals surface area contributed by atoms with E-state index in [0.29, 0.717) is 19.5 Å². The van der Waals surface area contributed by atoms with Gasteiger partial charge in [0.1, 0.15) is 0 Å². The van der Waals surface area contributed by atoms with Gasteiger partial charge in [0.2, 0.25) is 0 Å². The van der Waals surface area contributed by atoms with Crippen LogP contribution < -0.4 is 16.7 Å². The summed E-state index contributed by atoms with van der Waals surface area (Å²) in [6, 6.07) is 7.92. The zero-order valence-electron chi connectivity index (χ0n) is 11.5. The minimum absolute atomic E-state index is 0.0638. The Balaban J connectivity index is 2.29. The van der Waals surface area contributed by atoms with Gasteiger partial charge in [-0.2, -0.15) is 5.10 Å². The molecule has 0 aliphatic carbocycles. The lowest BCUT2D eigenvalue weighted by molar-refractivity contribution is 0.646. The number of hydrazone groups is 1. The normalized spacial score (nSPS) is 13.8. The number of aryl methyl sites for hydroxylation is 1. The summed E-state index contributed by atoms with van der Waals surface area (Å²) in [7, 11) is 0. The molecule has 0 saturated heterocycles. The summed E-state index contributed by atoms with van der Waals surface area (Å²) in [5.74, 6) is 0. The van der Waals surface area contributed by atoms with E-state index in [0.717, 1.165) is 34.3 Å². The molecule has 0 fully saturated rings. The maximum atomic E-state index is 12.7. The number of rotatable bonds is 3. The highest BCUT2D eigenvalue weighted by Crippen LogP contribution is 2.27. The zero-order chi connectivity index (χ0) is 14.1. The second kappa shape index (κ2) is 5.09. The lowest BCUT2D eigenvalue weighted by atomic mass is 10.0. The van der Waals surface area contributed by atoms with E-state index in [1.165, 1.54) is 0 Å². The molecule has 1 aromatic carbocycles. The smallest absolute Gasteiger partial charge is 0.256 e. The third kappa shape index (κ3) is 2.00. The van der Waals surface area contributed by atoms with Gasteiger partial charge in [-0.3, -0.25) is 10.2 Å². The summed E-state index contributed by atoms with van der Waals surface area (Å²) in [6.45, 7) is 3.16. The van der Waals surface area contributed by atoms with Crippen LogP contribution in [0.4, 0.5) is 5.69 Å². The van der Waals surface area contributed by atoms with E-state index in [1.807, 2.05) is 35.8 Å². The van der Waals surface area contributed by atoms with Crippen LogP contribution in [-0.4, -0.2) is 16.8 Å². The third-order valence-electron chi connectivity index (χ3n) is 3.65. The summed E-state index contributed by atoms with van der Waals surface area (Å²) in [4.78, 5) is 12.7. The fourth-order valence-electron chi connectivity index (χ4n) is 2.67. The van der Waals surface area contributed by atoms with E-state index >= 15 is 0 Å². The van der Waals surface area contributed by atoms with Crippen molar-refractivity contribution in [3.05, 3.63) is 40.2 Å². The van der Waals surface area contributed by atoms with Crippen molar-refractivity contribution in [3.63, 3.8) is 0 Å². The van der Waals surface area contributed by atoms with E-state index in [4.69, 9.17) is 5.73 Å². The van der Waals surface area contributed by atoms with E-state index in [9.17, 15) is 4.79 Å². The summed E-state index contributed by atoms with van der Waals surface area (Å²) in [5.41, 5.74) is 12.2. The summed E-state index contributed by atoms with van der Waals surface area (Å²) in [5, 5.41) is 5.29. The number of para-hydroxylation sites is 1. The van der Waals surface area contributed by atoms with E-state index in [1.54, 1.807) is 0 Å². The SMILES string of the molecule is CC1=NNc2c(c(=O)n(CCCN)c3ccccc23)C1. The predicted molar refractivity (Wildman–Crippen MR) is 82.3 cm³/mol. The number of nitrogens with zero attached hydrogens (tertiary/aromatic N) is 2. The molecule has 0 atom stereocenters. The van der Waals surface area contributed by atoms with Gasteiger partial charge in [-0.05, 0) is 26.0 Å². The number of aromatic nitrogens is 1. The lowest BCUT2D eigenvalue weighted by Gasteiger charge is -2.20. The van der Waals surface area contributed by atoms with Gasteiger partial charge in [0.15, 0.2) is 0 Å². The standard InChI is InChI=1S/C15H18N4O/c1-10-9-12-14(18-17-10)11-5-2-3-6-13(11)19(15(12)20)8-4-7-16/h2-3,5-6,18H,4,7-9,16H2,1H3. The first-order chi connectivity index (χ1) is 9.72. The van der Waals surface area contributed by atoms with Gasteiger partial charge >= 0.3 is 0 Å². The highest BCUT2D eigenvalue weighted by atomic mass is 16.1. The molecule has 5 nitrogen and oxygen atoms in total. The van der Waals surface area contributed by atoms with Gasteiger partial charge in [0, 0.05) is 29.6 Å². The van der Waals surface area contributed by atoms with Crippen LogP contribution in [0.2, 0.25) is 0 Å². The molecular formula is C15H18N4O. The number of anilines is 1. The molecule has 2 aromatic rings. The predicted octanol–water partition coefficient (Wildman–Crippen LogP) is 1.69. The minimum atomic E-state index is 0.0638. The van der Waals surface area contributed by atoms with Crippen molar-refractivity contribution in [2.45, 2.75) is 26.3 Å². The Hall–Kier alpha value is -2.14. The van der Waals surface area contributed by atoms with E-state index < -0.39 is 0 Å². The Morgan fingerprint density at radius 3 is 3.00 bits per heavy atom. The molecule has 0 amide bonds. The second-order valence-electron chi connectivity index (χ2n) is 5.11. The quantitative estimate of drug-likeness (QED) is 0.891. The van der Waals surface area contributed by atoms with Gasteiger partial charge in [-0.25, -0.2) is 0 Å². The van der Waals surface area contributed by atoms with Crippen LogP contribution >= 0.6 is 0 Å². The first-order valence-electron chi connectivity index (χ1n) is 6.86. The number of hydrogen-bond donors (Lipinski definition) is 2.